The molecule has 0 saturated carbocycles. The Balaban J connectivity index is 2.76. The molecule has 0 bridgehead atoms. The quantitative estimate of drug-likeness (QED) is 0.747. The summed E-state index contributed by atoms with van der Waals surface area (Å²) in [6.07, 6.45) is 4.47. The van der Waals surface area contributed by atoms with Crippen LogP contribution in [0.25, 0.3) is 0 Å². The second-order valence-corrected chi connectivity index (χ2v) is 9.37. The van der Waals surface area contributed by atoms with E-state index in [2.05, 4.69) is 31.0 Å². The molecule has 1 aliphatic heterocycles. The summed E-state index contributed by atoms with van der Waals surface area (Å²) in [6.45, 7) is 12.8. The van der Waals surface area contributed by atoms with Gasteiger partial charge in [-0.05, 0) is 33.1 Å². The summed E-state index contributed by atoms with van der Waals surface area (Å²) in [5, 5.41) is 3.45. The average Bonchev–Trinajstić information content (AvgIpc) is 2.46. The molecule has 0 aliphatic carbocycles. The van der Waals surface area contributed by atoms with Gasteiger partial charge in [-0.3, -0.25) is 4.90 Å². The van der Waals surface area contributed by atoms with Crippen molar-refractivity contribution in [1.82, 2.24) is 10.2 Å². The van der Waals surface area contributed by atoms with Gasteiger partial charge in [-0.1, -0.05) is 27.2 Å². The molecular weight excluding hydrogens is 284 g/mol. The molecule has 4 nitrogen and oxygen atoms in total. The molecule has 5 heteroatoms. The molecule has 0 spiro atoms. The molecule has 0 aromatic carbocycles. The van der Waals surface area contributed by atoms with Gasteiger partial charge < -0.3 is 5.32 Å². The molecule has 1 heterocycles. The Morgan fingerprint density at radius 3 is 2.33 bits per heavy atom. The van der Waals surface area contributed by atoms with Gasteiger partial charge >= 0.3 is 0 Å². The smallest absolute Gasteiger partial charge is 0.153 e. The molecule has 1 aliphatic rings. The van der Waals surface area contributed by atoms with E-state index in [0.717, 1.165) is 38.8 Å². The molecule has 1 fully saturated rings. The maximum absolute atomic E-state index is 12.1. The van der Waals surface area contributed by atoms with Crippen LogP contribution >= 0.6 is 0 Å². The minimum absolute atomic E-state index is 0.159. The van der Waals surface area contributed by atoms with Crippen LogP contribution in [0.4, 0.5) is 0 Å². The Morgan fingerprint density at radius 1 is 1.24 bits per heavy atom. The van der Waals surface area contributed by atoms with E-state index in [0.29, 0.717) is 12.6 Å². The lowest BCUT2D eigenvalue weighted by atomic mass is 9.88. The van der Waals surface area contributed by atoms with Crippen molar-refractivity contribution in [3.05, 3.63) is 0 Å². The Bertz CT molecular complexity index is 403. The zero-order valence-electron chi connectivity index (χ0n) is 14.5. The molecule has 0 aromatic heterocycles. The fourth-order valence-electron chi connectivity index (χ4n) is 3.12. The lowest BCUT2D eigenvalue weighted by Gasteiger charge is -2.47. The highest BCUT2D eigenvalue weighted by atomic mass is 32.2. The summed E-state index contributed by atoms with van der Waals surface area (Å²) < 4.78 is 24.2. The SMILES string of the molecule is CCCC1CNC(CC)(CC)CN1CCS(=O)(=O)C(C)C. The van der Waals surface area contributed by atoms with E-state index >= 15 is 0 Å². The molecule has 1 saturated heterocycles. The van der Waals surface area contributed by atoms with E-state index in [1.165, 1.54) is 0 Å². The summed E-state index contributed by atoms with van der Waals surface area (Å²) in [7, 11) is -2.95. The number of rotatable bonds is 8. The molecule has 1 atom stereocenters. The van der Waals surface area contributed by atoms with Crippen LogP contribution in [0.15, 0.2) is 0 Å². The van der Waals surface area contributed by atoms with Crippen molar-refractivity contribution >= 4 is 9.84 Å². The molecule has 21 heavy (non-hydrogen) atoms. The highest BCUT2D eigenvalue weighted by Crippen LogP contribution is 2.24. The normalized spacial score (nSPS) is 23.6. The van der Waals surface area contributed by atoms with Gasteiger partial charge in [-0.15, -0.1) is 0 Å². The minimum Gasteiger partial charge on any atom is -0.308 e. The Morgan fingerprint density at radius 2 is 1.86 bits per heavy atom. The first-order valence-corrected chi connectivity index (χ1v) is 10.2. The zero-order valence-corrected chi connectivity index (χ0v) is 15.3. The summed E-state index contributed by atoms with van der Waals surface area (Å²) in [4.78, 5) is 2.42. The van der Waals surface area contributed by atoms with E-state index in [1.54, 1.807) is 13.8 Å². The topological polar surface area (TPSA) is 49.4 Å². The first kappa shape index (κ1) is 18.9. The van der Waals surface area contributed by atoms with Crippen molar-refractivity contribution in [1.29, 1.82) is 0 Å². The molecule has 126 valence electrons. The summed E-state index contributed by atoms with van der Waals surface area (Å²) >= 11 is 0. The molecule has 1 N–H and O–H groups in total. The van der Waals surface area contributed by atoms with Crippen molar-refractivity contribution in [3.63, 3.8) is 0 Å². The van der Waals surface area contributed by atoms with E-state index < -0.39 is 9.84 Å². The standard InChI is InChI=1S/C16H34N2O2S/c1-6-9-15-12-17-16(7-2,8-3)13-18(15)10-11-21(19,20)14(4)5/h14-15,17H,6-13H2,1-5H3. The lowest BCUT2D eigenvalue weighted by molar-refractivity contribution is 0.0732. The van der Waals surface area contributed by atoms with Crippen molar-refractivity contribution in [2.45, 2.75) is 77.1 Å². The first-order valence-electron chi connectivity index (χ1n) is 8.51. The van der Waals surface area contributed by atoms with E-state index in [1.807, 2.05) is 0 Å². The number of nitrogens with zero attached hydrogens (tertiary/aromatic N) is 1. The second kappa shape index (κ2) is 7.93. The zero-order chi connectivity index (χ0) is 16.1. The fraction of sp³-hybridized carbons (Fsp3) is 1.00. The number of sulfone groups is 1. The van der Waals surface area contributed by atoms with Crippen LogP contribution < -0.4 is 5.32 Å². The summed E-state index contributed by atoms with van der Waals surface area (Å²) in [5.74, 6) is 0.286. The van der Waals surface area contributed by atoms with Crippen molar-refractivity contribution in [2.75, 3.05) is 25.4 Å². The van der Waals surface area contributed by atoms with Crippen LogP contribution in [0.3, 0.4) is 0 Å². The largest absolute Gasteiger partial charge is 0.308 e. The summed E-state index contributed by atoms with van der Waals surface area (Å²) in [6, 6.07) is 0.476. The summed E-state index contributed by atoms with van der Waals surface area (Å²) in [5.41, 5.74) is 0.159. The Labute approximate surface area is 131 Å². The second-order valence-electron chi connectivity index (χ2n) is 6.70. The van der Waals surface area contributed by atoms with Gasteiger partial charge in [0.05, 0.1) is 11.0 Å². The van der Waals surface area contributed by atoms with Crippen LogP contribution in [0.2, 0.25) is 0 Å². The number of hydrogen-bond acceptors (Lipinski definition) is 4. The highest BCUT2D eigenvalue weighted by Gasteiger charge is 2.36. The van der Waals surface area contributed by atoms with Gasteiger partial charge in [-0.2, -0.15) is 0 Å². The monoisotopic (exact) mass is 318 g/mol. The van der Waals surface area contributed by atoms with E-state index in [4.69, 9.17) is 0 Å². The third-order valence-electron chi connectivity index (χ3n) is 5.09. The molecule has 0 amide bonds. The molecule has 0 radical (unpaired) electrons. The van der Waals surface area contributed by atoms with Crippen molar-refractivity contribution in [3.8, 4) is 0 Å². The van der Waals surface area contributed by atoms with Crippen LogP contribution in [-0.4, -0.2) is 55.5 Å². The number of piperazine rings is 1. The third-order valence-corrected chi connectivity index (χ3v) is 7.28. The van der Waals surface area contributed by atoms with Gasteiger partial charge in [0.2, 0.25) is 0 Å². The first-order chi connectivity index (χ1) is 9.80. The lowest BCUT2D eigenvalue weighted by Crippen LogP contribution is -2.64. The highest BCUT2D eigenvalue weighted by molar-refractivity contribution is 7.92. The van der Waals surface area contributed by atoms with Crippen molar-refractivity contribution in [2.24, 2.45) is 0 Å². The van der Waals surface area contributed by atoms with Crippen LogP contribution in [0.1, 0.15) is 60.3 Å². The van der Waals surface area contributed by atoms with Crippen LogP contribution in [-0.2, 0) is 9.84 Å². The Kier molecular flexibility index (Phi) is 7.14. The molecule has 1 rings (SSSR count). The third kappa shape index (κ3) is 4.93. The Hall–Kier alpha value is -0.130. The molecule has 1 unspecified atom stereocenters. The maximum atomic E-state index is 12.1. The van der Waals surface area contributed by atoms with Crippen molar-refractivity contribution < 1.29 is 8.42 Å². The van der Waals surface area contributed by atoms with Gasteiger partial charge in [0.15, 0.2) is 9.84 Å². The minimum atomic E-state index is -2.95. The van der Waals surface area contributed by atoms with Gasteiger partial charge in [-0.25, -0.2) is 8.42 Å². The molecule has 0 aromatic rings. The van der Waals surface area contributed by atoms with Gasteiger partial charge in [0, 0.05) is 31.2 Å². The average molecular weight is 319 g/mol. The predicted molar refractivity (Wildman–Crippen MR) is 90.5 cm³/mol. The molecular formula is C16H34N2O2S. The maximum Gasteiger partial charge on any atom is 0.153 e. The van der Waals surface area contributed by atoms with Crippen LogP contribution in [0.5, 0.6) is 0 Å². The number of hydrogen-bond donors (Lipinski definition) is 1. The van der Waals surface area contributed by atoms with Crippen LogP contribution in [0, 0.1) is 0 Å². The van der Waals surface area contributed by atoms with E-state index in [-0.39, 0.29) is 16.5 Å². The fourth-order valence-corrected chi connectivity index (χ4v) is 4.08. The predicted octanol–water partition coefficient (Wildman–Crippen LogP) is 2.44. The number of nitrogens with one attached hydrogen (secondary N) is 1. The van der Waals surface area contributed by atoms with Gasteiger partial charge in [0.25, 0.3) is 0 Å². The van der Waals surface area contributed by atoms with E-state index in [9.17, 15) is 8.42 Å². The van der Waals surface area contributed by atoms with Gasteiger partial charge in [0.1, 0.15) is 0 Å².